The Labute approximate surface area is 426 Å². The molecule has 3 amide bonds. The second-order valence-electron chi connectivity index (χ2n) is 19.2. The molecular formula is C42H66N6O24S2-4. The molecule has 1 aromatic heterocycles. The first-order valence-corrected chi connectivity index (χ1v) is 26.8. The molecule has 2 aliphatic carbocycles. The molecule has 0 bridgehead atoms. The normalized spacial score (nSPS) is 31.8. The van der Waals surface area contributed by atoms with Crippen LogP contribution in [-0.4, -0.2) is 209 Å². The molecule has 6 unspecified atom stereocenters. The van der Waals surface area contributed by atoms with Crippen molar-refractivity contribution in [3.8, 4) is 0 Å². The van der Waals surface area contributed by atoms with Crippen LogP contribution in [0.25, 0.3) is 0 Å². The fourth-order valence-electron chi connectivity index (χ4n) is 9.64. The van der Waals surface area contributed by atoms with Crippen molar-refractivity contribution in [1.29, 1.82) is 0 Å². The maximum Gasteiger partial charge on any atom is 0.273 e. The minimum Gasteiger partial charge on any atom is -0.854 e. The van der Waals surface area contributed by atoms with Gasteiger partial charge in [-0.15, -0.1) is 11.7 Å². The first kappa shape index (κ1) is 61.2. The Morgan fingerprint density at radius 1 is 0.892 bits per heavy atom. The molecule has 4 aliphatic rings. The van der Waals surface area contributed by atoms with E-state index in [2.05, 4.69) is 34.6 Å². The Morgan fingerprint density at radius 2 is 1.54 bits per heavy atom. The molecule has 1 aromatic rings. The number of amides is 3. The van der Waals surface area contributed by atoms with Crippen LogP contribution >= 0.6 is 0 Å². The molecule has 30 nitrogen and oxygen atoms in total. The molecule has 2 aliphatic heterocycles. The van der Waals surface area contributed by atoms with Crippen molar-refractivity contribution < 1.29 is 113 Å². The summed E-state index contributed by atoms with van der Waals surface area (Å²) in [6.07, 6.45) is -12.3. The quantitative estimate of drug-likeness (QED) is 0.0243. The van der Waals surface area contributed by atoms with Crippen molar-refractivity contribution in [3.63, 3.8) is 0 Å². The van der Waals surface area contributed by atoms with Crippen LogP contribution in [0.5, 0.6) is 0 Å². The Balaban J connectivity index is 1.33. The molecule has 4 fully saturated rings. The Morgan fingerprint density at radius 3 is 2.12 bits per heavy atom. The fraction of sp³-hybridized carbons (Fsp3) is 0.857. The van der Waals surface area contributed by atoms with Crippen LogP contribution in [0.4, 0.5) is 0 Å². The minimum atomic E-state index is -5.40. The summed E-state index contributed by atoms with van der Waals surface area (Å²) in [6, 6.07) is -1.45. The van der Waals surface area contributed by atoms with Crippen molar-refractivity contribution in [2.24, 2.45) is 23.2 Å². The molecule has 0 spiro atoms. The van der Waals surface area contributed by atoms with E-state index in [9.17, 15) is 80.9 Å². The molecule has 2 saturated carbocycles. The average Bonchev–Trinajstić information content (AvgIpc) is 3.82. The molecule has 8 N–H and O–H groups in total. The first-order valence-electron chi connectivity index (χ1n) is 24.1. The Hall–Kier alpha value is -3.68. The average molecular weight is 1100 g/mol. The van der Waals surface area contributed by atoms with Crippen molar-refractivity contribution in [1.82, 2.24) is 30.9 Å². The molecule has 5 rings (SSSR count). The lowest BCUT2D eigenvalue weighted by molar-refractivity contribution is -0.397. The molecule has 2 saturated heterocycles. The molecule has 74 heavy (non-hydrogen) atoms. The standard InChI is InChI=1S/C42H69N6O24S2/c1-4-24-13-25(37(56)43-10-11-44-38(57)26-15-48(47-46-26)17-42(18-50,19-66-73(60,61)62)20-67-74(63,64)65)14-27(35(24)72-41-34(55)33(54)31(52)21(2)68-41)70-40-30(45-22(3)51)36(32(53)29(16-49)71-40)69-28(39(58)59)12-23-8-6-5-7-9-23/h15,21,23-25,27-36,40-41,49,52-55H,4-14,16-20H2,1-3H3,(H,43,56)(H,44,57)(H,45,51)(H,58,59)(H,60,61,62)(H,63,64,65)/q-1/p-3/t21?,24?,25?,27-,28+,29+,30?,31-,32+,33+,34?,35-,36?,40-,41+/m1/s1. The number of ether oxygens (including phenoxy) is 5. The predicted octanol–water partition coefficient (Wildman–Crippen LogP) is -6.48. The van der Waals surface area contributed by atoms with Crippen LogP contribution < -0.4 is 26.2 Å². The minimum absolute atomic E-state index is 0.0318. The number of carbonyl (C=O) groups is 4. The largest absolute Gasteiger partial charge is 0.854 e. The third kappa shape index (κ3) is 17.2. The van der Waals surface area contributed by atoms with Gasteiger partial charge in [0.1, 0.15) is 42.7 Å². The van der Waals surface area contributed by atoms with E-state index in [0.29, 0.717) is 6.42 Å². The summed E-state index contributed by atoms with van der Waals surface area (Å²) in [5.41, 5.74) is -2.57. The number of carbonyl (C=O) groups excluding carboxylic acids is 4. The van der Waals surface area contributed by atoms with Crippen LogP contribution in [0.3, 0.4) is 0 Å². The summed E-state index contributed by atoms with van der Waals surface area (Å²) in [6.45, 7) is -1.42. The van der Waals surface area contributed by atoms with Gasteiger partial charge in [0, 0.05) is 31.3 Å². The third-order valence-corrected chi connectivity index (χ3v) is 14.4. The second kappa shape index (κ2) is 27.1. The van der Waals surface area contributed by atoms with Gasteiger partial charge in [0.25, 0.3) is 5.91 Å². The van der Waals surface area contributed by atoms with E-state index in [-0.39, 0.29) is 44.0 Å². The van der Waals surface area contributed by atoms with Crippen LogP contribution in [0.15, 0.2) is 6.20 Å². The molecule has 3 heterocycles. The van der Waals surface area contributed by atoms with E-state index in [0.717, 1.165) is 49.9 Å². The number of nitrogens with zero attached hydrogens (tertiary/aromatic N) is 3. The predicted molar refractivity (Wildman–Crippen MR) is 237 cm³/mol. The van der Waals surface area contributed by atoms with Gasteiger partial charge < -0.3 is 89.3 Å². The lowest BCUT2D eigenvalue weighted by Crippen LogP contribution is -2.67. The molecule has 0 radical (unpaired) electrons. The zero-order valence-electron chi connectivity index (χ0n) is 40.8. The molecule has 32 heteroatoms. The van der Waals surface area contributed by atoms with E-state index in [1.54, 1.807) is 6.92 Å². The molecule has 424 valence electrons. The highest BCUT2D eigenvalue weighted by Crippen LogP contribution is 2.40. The number of aliphatic hydroxyl groups excluding tert-OH is 5. The van der Waals surface area contributed by atoms with E-state index in [4.69, 9.17) is 23.7 Å². The number of rotatable bonds is 26. The van der Waals surface area contributed by atoms with Crippen molar-refractivity contribution in [2.75, 3.05) is 39.5 Å². The van der Waals surface area contributed by atoms with Gasteiger partial charge in [-0.2, -0.15) is 0 Å². The van der Waals surface area contributed by atoms with Crippen molar-refractivity contribution >= 4 is 44.5 Å². The number of aromatic nitrogens is 3. The van der Waals surface area contributed by atoms with Gasteiger partial charge in [0.05, 0.1) is 62.9 Å². The second-order valence-corrected chi connectivity index (χ2v) is 21.3. The number of carboxylic acid groups (broad SMARTS) is 1. The van der Waals surface area contributed by atoms with Crippen molar-refractivity contribution in [3.05, 3.63) is 11.9 Å². The maximum atomic E-state index is 14.0. The van der Waals surface area contributed by atoms with Gasteiger partial charge in [-0.25, -0.2) is 16.8 Å². The molecule has 0 aromatic carbocycles. The van der Waals surface area contributed by atoms with Gasteiger partial charge in [0.15, 0.2) is 18.3 Å². The Bertz CT molecular complexity index is 2200. The van der Waals surface area contributed by atoms with E-state index in [1.165, 1.54) is 6.92 Å². The summed E-state index contributed by atoms with van der Waals surface area (Å²) >= 11 is 0. The Kier molecular flexibility index (Phi) is 22.4. The summed E-state index contributed by atoms with van der Waals surface area (Å²) in [7, 11) is -10.8. The topological polar surface area (TPSA) is 461 Å². The maximum absolute atomic E-state index is 14.0. The molecule has 15 atom stereocenters. The van der Waals surface area contributed by atoms with Crippen LogP contribution in [0.1, 0.15) is 89.0 Å². The zero-order valence-corrected chi connectivity index (χ0v) is 42.4. The van der Waals surface area contributed by atoms with Crippen LogP contribution in [0.2, 0.25) is 0 Å². The van der Waals surface area contributed by atoms with Crippen LogP contribution in [0, 0.1) is 23.2 Å². The van der Waals surface area contributed by atoms with Gasteiger partial charge >= 0.3 is 0 Å². The highest BCUT2D eigenvalue weighted by Gasteiger charge is 2.52. The van der Waals surface area contributed by atoms with Gasteiger partial charge in [-0.3, -0.25) is 27.4 Å². The smallest absolute Gasteiger partial charge is 0.273 e. The number of hydrogen-bond acceptors (Lipinski definition) is 26. The number of nitrogens with one attached hydrogen (secondary N) is 3. The van der Waals surface area contributed by atoms with Crippen LogP contribution in [-0.2, 0) is 73.8 Å². The fourth-order valence-corrected chi connectivity index (χ4v) is 10.4. The van der Waals surface area contributed by atoms with E-state index in [1.807, 2.05) is 0 Å². The number of aliphatic carboxylic acids is 1. The lowest BCUT2D eigenvalue weighted by Gasteiger charge is -2.49. The van der Waals surface area contributed by atoms with E-state index >= 15 is 0 Å². The van der Waals surface area contributed by atoms with Gasteiger partial charge in [0.2, 0.25) is 32.6 Å². The third-order valence-electron chi connectivity index (χ3n) is 13.6. The highest BCUT2D eigenvalue weighted by atomic mass is 32.3. The number of carboxylic acids is 1. The summed E-state index contributed by atoms with van der Waals surface area (Å²) in [4.78, 5) is 52.3. The SMILES string of the molecule is CCC1CC(C(=O)NCCNC(=O)c2cn(CC(C[O-])(COS(=O)(=O)[O-])COS(=O)(=O)[O-])nn2)C[C@@H](O[C@@H]2O[C@@H](CO)[C@H](O)C(O[C@@H](CC3CCCCC3)C(=O)[O-])C2NC(C)=O)[C@@H]1O[C@@H]1OC(C)[C@@H](O)[C@H](O)C1O. The summed E-state index contributed by atoms with van der Waals surface area (Å²) in [5, 5.41) is 93.6. The number of hydrogen-bond donors (Lipinski definition) is 8. The molecular weight excluding hydrogens is 1040 g/mol. The highest BCUT2D eigenvalue weighted by molar-refractivity contribution is 7.81. The zero-order chi connectivity index (χ0) is 54.7. The first-order chi connectivity index (χ1) is 34.8. The lowest BCUT2D eigenvalue weighted by atomic mass is 9.75. The van der Waals surface area contributed by atoms with E-state index < -0.39 is 174 Å². The summed E-state index contributed by atoms with van der Waals surface area (Å²) in [5.74, 6) is -5.18. The monoisotopic (exact) mass is 1100 g/mol. The summed E-state index contributed by atoms with van der Waals surface area (Å²) < 4.78 is 106. The van der Waals surface area contributed by atoms with Crippen molar-refractivity contribution in [2.45, 2.75) is 165 Å². The van der Waals surface area contributed by atoms with Gasteiger partial charge in [-0.1, -0.05) is 50.7 Å². The number of aliphatic hydroxyl groups is 5. The van der Waals surface area contributed by atoms with Gasteiger partial charge in [-0.05, 0) is 38.0 Å².